The van der Waals surface area contributed by atoms with Crippen molar-refractivity contribution in [2.45, 2.75) is 0 Å². The molecular formula is C17H15ClF3N3O. The Kier molecular flexibility index (Phi) is 5.03. The number of carbonyl (C=O) groups excluding carboxylic acids is 1. The number of halogens is 4. The van der Waals surface area contributed by atoms with E-state index in [9.17, 15) is 18.0 Å². The summed E-state index contributed by atoms with van der Waals surface area (Å²) < 4.78 is 40.4. The highest BCUT2D eigenvalue weighted by molar-refractivity contribution is 6.31. The quantitative estimate of drug-likeness (QED) is 0.864. The Morgan fingerprint density at radius 3 is 2.20 bits per heavy atom. The lowest BCUT2D eigenvalue weighted by Gasteiger charge is -2.36. The second kappa shape index (κ2) is 7.23. The van der Waals surface area contributed by atoms with Crippen molar-refractivity contribution in [3.8, 4) is 0 Å². The largest absolute Gasteiger partial charge is 0.368 e. The molecule has 0 unspecified atom stereocenters. The second-order valence-corrected chi connectivity index (χ2v) is 6.01. The molecule has 1 fully saturated rings. The molecule has 0 spiro atoms. The minimum atomic E-state index is -0.826. The van der Waals surface area contributed by atoms with Gasteiger partial charge in [-0.05, 0) is 30.3 Å². The summed E-state index contributed by atoms with van der Waals surface area (Å²) in [5.74, 6) is -2.14. The van der Waals surface area contributed by atoms with Crippen molar-refractivity contribution in [1.82, 2.24) is 4.90 Å². The van der Waals surface area contributed by atoms with Crippen molar-refractivity contribution in [3.05, 3.63) is 58.9 Å². The standard InChI is InChI=1S/C17H15ClF3N3O/c18-12-10-11(4-5-13(12)19)23-6-8-24(9-7-23)17(25)22-16-14(20)2-1-3-15(16)21/h1-5,10H,6-9H2,(H,22,25). The van der Waals surface area contributed by atoms with Crippen LogP contribution in [0.15, 0.2) is 36.4 Å². The molecule has 1 aliphatic heterocycles. The highest BCUT2D eigenvalue weighted by atomic mass is 35.5. The summed E-state index contributed by atoms with van der Waals surface area (Å²) in [6.07, 6.45) is 0. The number of rotatable bonds is 2. The summed E-state index contributed by atoms with van der Waals surface area (Å²) in [6, 6.07) is 7.25. The van der Waals surface area contributed by atoms with Crippen LogP contribution in [0.3, 0.4) is 0 Å². The molecule has 2 aromatic rings. The summed E-state index contributed by atoms with van der Waals surface area (Å²) in [7, 11) is 0. The van der Waals surface area contributed by atoms with Crippen LogP contribution in [0.25, 0.3) is 0 Å². The SMILES string of the molecule is O=C(Nc1c(F)cccc1F)N1CCN(c2ccc(F)c(Cl)c2)CC1. The van der Waals surface area contributed by atoms with Crippen molar-refractivity contribution < 1.29 is 18.0 Å². The number of para-hydroxylation sites is 1. The van der Waals surface area contributed by atoms with Gasteiger partial charge in [0.1, 0.15) is 23.1 Å². The summed E-state index contributed by atoms with van der Waals surface area (Å²) in [6.45, 7) is 1.71. The third-order valence-corrected chi connectivity index (χ3v) is 4.32. The predicted octanol–water partition coefficient (Wildman–Crippen LogP) is 4.11. The van der Waals surface area contributed by atoms with Crippen LogP contribution < -0.4 is 10.2 Å². The molecule has 0 radical (unpaired) electrons. The minimum Gasteiger partial charge on any atom is -0.368 e. The maximum Gasteiger partial charge on any atom is 0.322 e. The first-order valence-electron chi connectivity index (χ1n) is 7.65. The van der Waals surface area contributed by atoms with E-state index in [-0.39, 0.29) is 5.02 Å². The molecular weight excluding hydrogens is 355 g/mol. The monoisotopic (exact) mass is 369 g/mol. The molecule has 25 heavy (non-hydrogen) atoms. The maximum atomic E-state index is 13.6. The van der Waals surface area contributed by atoms with Crippen molar-refractivity contribution in [1.29, 1.82) is 0 Å². The first-order chi connectivity index (χ1) is 12.0. The average molecular weight is 370 g/mol. The van der Waals surface area contributed by atoms with Gasteiger partial charge in [0, 0.05) is 31.9 Å². The van der Waals surface area contributed by atoms with E-state index in [1.807, 2.05) is 4.90 Å². The molecule has 8 heteroatoms. The molecule has 3 rings (SSSR count). The molecule has 4 nitrogen and oxygen atoms in total. The Balaban J connectivity index is 1.62. The first kappa shape index (κ1) is 17.4. The number of nitrogens with zero attached hydrogens (tertiary/aromatic N) is 2. The molecule has 0 bridgehead atoms. The van der Waals surface area contributed by atoms with Gasteiger partial charge in [0.15, 0.2) is 0 Å². The van der Waals surface area contributed by atoms with Gasteiger partial charge in [-0.1, -0.05) is 17.7 Å². The van der Waals surface area contributed by atoms with E-state index < -0.39 is 29.2 Å². The smallest absolute Gasteiger partial charge is 0.322 e. The fourth-order valence-corrected chi connectivity index (χ4v) is 2.83. The Hall–Kier alpha value is -2.41. The summed E-state index contributed by atoms with van der Waals surface area (Å²) in [4.78, 5) is 15.6. The first-order valence-corrected chi connectivity index (χ1v) is 8.03. The minimum absolute atomic E-state index is 0.0349. The Morgan fingerprint density at radius 1 is 0.960 bits per heavy atom. The highest BCUT2D eigenvalue weighted by Crippen LogP contribution is 2.24. The van der Waals surface area contributed by atoms with E-state index in [1.165, 1.54) is 23.1 Å². The lowest BCUT2D eigenvalue weighted by Crippen LogP contribution is -2.50. The van der Waals surface area contributed by atoms with Gasteiger partial charge in [-0.25, -0.2) is 18.0 Å². The zero-order chi connectivity index (χ0) is 18.0. The topological polar surface area (TPSA) is 35.6 Å². The van der Waals surface area contributed by atoms with Crippen LogP contribution in [0.2, 0.25) is 5.02 Å². The molecule has 1 heterocycles. The predicted molar refractivity (Wildman–Crippen MR) is 90.6 cm³/mol. The van der Waals surface area contributed by atoms with Crippen LogP contribution in [0.1, 0.15) is 0 Å². The molecule has 0 saturated carbocycles. The van der Waals surface area contributed by atoms with E-state index in [4.69, 9.17) is 11.6 Å². The van der Waals surface area contributed by atoms with E-state index in [1.54, 1.807) is 6.07 Å². The molecule has 0 aliphatic carbocycles. The van der Waals surface area contributed by atoms with Gasteiger partial charge >= 0.3 is 6.03 Å². The maximum absolute atomic E-state index is 13.6. The second-order valence-electron chi connectivity index (χ2n) is 5.60. The van der Waals surface area contributed by atoms with Crippen molar-refractivity contribution in [3.63, 3.8) is 0 Å². The zero-order valence-electron chi connectivity index (χ0n) is 13.1. The van der Waals surface area contributed by atoms with Gasteiger partial charge in [0.2, 0.25) is 0 Å². The van der Waals surface area contributed by atoms with Crippen LogP contribution >= 0.6 is 11.6 Å². The fourth-order valence-electron chi connectivity index (χ4n) is 2.65. The molecule has 1 aliphatic rings. The number of anilines is 2. The molecule has 0 aromatic heterocycles. The Morgan fingerprint density at radius 2 is 1.60 bits per heavy atom. The lowest BCUT2D eigenvalue weighted by atomic mass is 10.2. The number of hydrogen-bond donors (Lipinski definition) is 1. The summed E-state index contributed by atoms with van der Waals surface area (Å²) in [5.41, 5.74) is 0.298. The van der Waals surface area contributed by atoms with Crippen LogP contribution in [0.5, 0.6) is 0 Å². The van der Waals surface area contributed by atoms with Gasteiger partial charge in [-0.15, -0.1) is 0 Å². The van der Waals surface area contributed by atoms with Gasteiger partial charge in [0.25, 0.3) is 0 Å². The average Bonchev–Trinajstić information content (AvgIpc) is 2.61. The third kappa shape index (κ3) is 3.82. The van der Waals surface area contributed by atoms with E-state index >= 15 is 0 Å². The normalized spacial score (nSPS) is 14.6. The zero-order valence-corrected chi connectivity index (χ0v) is 13.9. The van der Waals surface area contributed by atoms with Crippen molar-refractivity contribution in [2.24, 2.45) is 0 Å². The van der Waals surface area contributed by atoms with E-state index in [0.29, 0.717) is 26.2 Å². The lowest BCUT2D eigenvalue weighted by molar-refractivity contribution is 0.208. The van der Waals surface area contributed by atoms with Gasteiger partial charge in [0.05, 0.1) is 5.02 Å². The van der Waals surface area contributed by atoms with Crippen LogP contribution in [-0.4, -0.2) is 37.1 Å². The summed E-state index contributed by atoms with van der Waals surface area (Å²) in [5, 5.41) is 2.30. The Bertz CT molecular complexity index is 774. The molecule has 132 valence electrons. The third-order valence-electron chi connectivity index (χ3n) is 4.03. The molecule has 1 N–H and O–H groups in total. The number of amides is 2. The van der Waals surface area contributed by atoms with Crippen molar-refractivity contribution >= 4 is 29.0 Å². The van der Waals surface area contributed by atoms with Crippen LogP contribution in [0.4, 0.5) is 29.3 Å². The number of hydrogen-bond acceptors (Lipinski definition) is 2. The molecule has 1 saturated heterocycles. The van der Waals surface area contributed by atoms with E-state index in [2.05, 4.69) is 5.32 Å². The number of nitrogens with one attached hydrogen (secondary N) is 1. The van der Waals surface area contributed by atoms with Gasteiger partial charge in [-0.2, -0.15) is 0 Å². The Labute approximate surface area is 147 Å². The fraction of sp³-hybridized carbons (Fsp3) is 0.235. The number of carbonyl (C=O) groups is 1. The van der Waals surface area contributed by atoms with Gasteiger partial charge in [-0.3, -0.25) is 0 Å². The molecule has 2 aromatic carbocycles. The summed E-state index contributed by atoms with van der Waals surface area (Å²) >= 11 is 5.78. The van der Waals surface area contributed by atoms with Crippen LogP contribution in [-0.2, 0) is 0 Å². The van der Waals surface area contributed by atoms with Crippen molar-refractivity contribution in [2.75, 3.05) is 36.4 Å². The van der Waals surface area contributed by atoms with Gasteiger partial charge < -0.3 is 15.1 Å². The molecule has 2 amide bonds. The number of benzene rings is 2. The highest BCUT2D eigenvalue weighted by Gasteiger charge is 2.23. The number of urea groups is 1. The van der Waals surface area contributed by atoms with Crippen LogP contribution in [0, 0.1) is 17.5 Å². The van der Waals surface area contributed by atoms with E-state index in [0.717, 1.165) is 17.8 Å². The number of piperazine rings is 1. The molecule has 0 atom stereocenters.